The van der Waals surface area contributed by atoms with Crippen molar-refractivity contribution < 1.29 is 4.42 Å². The van der Waals surface area contributed by atoms with E-state index < -0.39 is 5.41 Å². The number of rotatable bonds is 9. The average Bonchev–Trinajstić information content (AvgIpc) is 3.96. The maximum atomic E-state index is 6.45. The highest BCUT2D eigenvalue weighted by molar-refractivity contribution is 6.09. The second-order valence-corrected chi connectivity index (χ2v) is 18.0. The van der Waals surface area contributed by atoms with Gasteiger partial charge in [-0.15, -0.1) is 0 Å². The fourth-order valence-corrected chi connectivity index (χ4v) is 11.0. The first-order valence-electron chi connectivity index (χ1n) is 23.7. The van der Waals surface area contributed by atoms with Crippen molar-refractivity contribution in [1.29, 1.82) is 0 Å². The topological polar surface area (TPSA) is 16.4 Å². The second kappa shape index (κ2) is 16.7. The summed E-state index contributed by atoms with van der Waals surface area (Å²) < 4.78 is 6.45. The Morgan fingerprint density at radius 2 is 0.739 bits per heavy atom. The van der Waals surface area contributed by atoms with Crippen LogP contribution in [0.25, 0.3) is 77.6 Å². The highest BCUT2D eigenvalue weighted by Gasteiger charge is 2.46. The molecule has 11 aromatic carbocycles. The molecule has 1 heterocycles. The molecule has 1 aliphatic rings. The van der Waals surface area contributed by atoms with Gasteiger partial charge in [-0.25, -0.2) is 0 Å². The number of para-hydroxylation sites is 2. The third-order valence-corrected chi connectivity index (χ3v) is 14.2. The lowest BCUT2D eigenvalue weighted by atomic mass is 9.67. The van der Waals surface area contributed by atoms with Crippen molar-refractivity contribution >= 4 is 39.0 Å². The molecule has 0 fully saturated rings. The van der Waals surface area contributed by atoms with E-state index in [2.05, 4.69) is 266 Å². The summed E-state index contributed by atoms with van der Waals surface area (Å²) >= 11 is 0. The highest BCUT2D eigenvalue weighted by atomic mass is 16.3. The molecule has 12 aromatic rings. The lowest BCUT2D eigenvalue weighted by Crippen LogP contribution is -2.28. The molecule has 1 aliphatic carbocycles. The maximum Gasteiger partial charge on any atom is 0.143 e. The third kappa shape index (κ3) is 6.80. The third-order valence-electron chi connectivity index (χ3n) is 14.2. The number of anilines is 3. The Hall–Kier alpha value is -8.98. The molecule has 0 saturated heterocycles. The standard InChI is InChI=1S/C67H45NO/c1-4-16-46(17-5-1)47-34-39-55(40-35-47)68(56-41-36-50(37-42-56)58-26-15-27-61-60-25-11-13-29-65(60)69-66(58)61)57-23-14-18-51(44-57)48-30-32-49(33-31-48)52-38-43-64-62(45-52)59-24-10-12-28-63(59)67(64,53-19-6-2-7-20-53)54-21-8-3-9-22-54/h1-45H. The van der Waals surface area contributed by atoms with E-state index in [0.717, 1.165) is 61.3 Å². The number of furan rings is 1. The minimum Gasteiger partial charge on any atom is -0.455 e. The molecule has 0 spiro atoms. The van der Waals surface area contributed by atoms with Crippen LogP contribution >= 0.6 is 0 Å². The Morgan fingerprint density at radius 1 is 0.275 bits per heavy atom. The van der Waals surface area contributed by atoms with E-state index in [4.69, 9.17) is 4.42 Å². The van der Waals surface area contributed by atoms with E-state index in [0.29, 0.717) is 0 Å². The van der Waals surface area contributed by atoms with Gasteiger partial charge in [-0.05, 0) is 121 Å². The van der Waals surface area contributed by atoms with Gasteiger partial charge in [0.2, 0.25) is 0 Å². The molecule has 0 N–H and O–H groups in total. The van der Waals surface area contributed by atoms with Gasteiger partial charge in [0, 0.05) is 33.4 Å². The van der Waals surface area contributed by atoms with Crippen molar-refractivity contribution in [2.75, 3.05) is 4.90 Å². The predicted octanol–water partition coefficient (Wildman–Crippen LogP) is 18.1. The van der Waals surface area contributed by atoms with E-state index in [1.807, 2.05) is 12.1 Å². The first-order chi connectivity index (χ1) is 34.2. The average molecular weight is 880 g/mol. The number of nitrogens with zero attached hydrogens (tertiary/aromatic N) is 1. The summed E-state index contributed by atoms with van der Waals surface area (Å²) in [5.74, 6) is 0. The van der Waals surface area contributed by atoms with Crippen molar-refractivity contribution in [1.82, 2.24) is 0 Å². The summed E-state index contributed by atoms with van der Waals surface area (Å²) in [7, 11) is 0. The Bertz CT molecular complexity index is 3760. The van der Waals surface area contributed by atoms with Gasteiger partial charge in [0.05, 0.1) is 5.41 Å². The van der Waals surface area contributed by atoms with E-state index >= 15 is 0 Å². The van der Waals surface area contributed by atoms with E-state index in [-0.39, 0.29) is 0 Å². The van der Waals surface area contributed by atoms with Crippen LogP contribution in [-0.4, -0.2) is 0 Å². The zero-order chi connectivity index (χ0) is 45.7. The minimum atomic E-state index is -0.411. The molecule has 0 unspecified atom stereocenters. The van der Waals surface area contributed by atoms with Gasteiger partial charge in [0.25, 0.3) is 0 Å². The molecule has 0 atom stereocenters. The molecule has 1 aromatic heterocycles. The van der Waals surface area contributed by atoms with E-state index in [9.17, 15) is 0 Å². The van der Waals surface area contributed by atoms with Crippen LogP contribution in [-0.2, 0) is 5.41 Å². The molecule has 2 nitrogen and oxygen atoms in total. The largest absolute Gasteiger partial charge is 0.455 e. The fourth-order valence-electron chi connectivity index (χ4n) is 11.0. The SMILES string of the molecule is c1ccc(-c2ccc(N(c3ccc(-c4cccc5c4oc4ccccc45)cc3)c3cccc(-c4ccc(-c5ccc6c(c5)-c5ccccc5C6(c5ccccc5)c5ccccc5)cc4)c3)cc2)cc1. The summed E-state index contributed by atoms with van der Waals surface area (Å²) in [4.78, 5) is 2.35. The van der Waals surface area contributed by atoms with Crippen LogP contribution in [0.5, 0.6) is 0 Å². The lowest BCUT2D eigenvalue weighted by molar-refractivity contribution is 0.670. The summed E-state index contributed by atoms with van der Waals surface area (Å²) in [5.41, 5.74) is 21.6. The number of benzene rings is 11. The number of hydrogen-bond donors (Lipinski definition) is 0. The van der Waals surface area contributed by atoms with Gasteiger partial charge in [0.1, 0.15) is 11.2 Å². The predicted molar refractivity (Wildman–Crippen MR) is 287 cm³/mol. The summed E-state index contributed by atoms with van der Waals surface area (Å²) in [5, 5.41) is 2.26. The van der Waals surface area contributed by atoms with E-state index in [1.54, 1.807) is 0 Å². The number of fused-ring (bicyclic) bond motifs is 6. The van der Waals surface area contributed by atoms with Crippen LogP contribution in [0.15, 0.2) is 277 Å². The van der Waals surface area contributed by atoms with Crippen molar-refractivity contribution in [2.45, 2.75) is 5.41 Å². The quantitative estimate of drug-likeness (QED) is 0.144. The van der Waals surface area contributed by atoms with Gasteiger partial charge in [-0.2, -0.15) is 0 Å². The van der Waals surface area contributed by atoms with Crippen molar-refractivity contribution in [3.8, 4) is 55.6 Å². The van der Waals surface area contributed by atoms with Crippen LogP contribution < -0.4 is 4.90 Å². The molecule has 0 saturated carbocycles. The Labute approximate surface area is 402 Å². The first kappa shape index (κ1) is 40.3. The molecule has 2 heteroatoms. The first-order valence-corrected chi connectivity index (χ1v) is 23.7. The van der Waals surface area contributed by atoms with Crippen LogP contribution in [0.3, 0.4) is 0 Å². The van der Waals surface area contributed by atoms with Gasteiger partial charge in [-0.1, -0.05) is 224 Å². The Kier molecular flexibility index (Phi) is 9.77. The zero-order valence-corrected chi connectivity index (χ0v) is 37.8. The fraction of sp³-hybridized carbons (Fsp3) is 0.0149. The van der Waals surface area contributed by atoms with Gasteiger partial charge < -0.3 is 9.32 Å². The van der Waals surface area contributed by atoms with Crippen molar-refractivity contribution in [3.05, 3.63) is 295 Å². The number of hydrogen-bond acceptors (Lipinski definition) is 2. The van der Waals surface area contributed by atoms with Gasteiger partial charge in [-0.3, -0.25) is 0 Å². The maximum absolute atomic E-state index is 6.45. The second-order valence-electron chi connectivity index (χ2n) is 18.0. The van der Waals surface area contributed by atoms with Crippen molar-refractivity contribution in [3.63, 3.8) is 0 Å². The molecule has 0 amide bonds. The molecule has 0 bridgehead atoms. The summed E-state index contributed by atoms with van der Waals surface area (Å²) in [6, 6.07) is 99.0. The van der Waals surface area contributed by atoms with Gasteiger partial charge >= 0.3 is 0 Å². The molecule has 69 heavy (non-hydrogen) atoms. The molecular weight excluding hydrogens is 835 g/mol. The smallest absolute Gasteiger partial charge is 0.143 e. The highest BCUT2D eigenvalue weighted by Crippen LogP contribution is 2.56. The Balaban J connectivity index is 0.858. The summed E-state index contributed by atoms with van der Waals surface area (Å²) in [6.45, 7) is 0. The van der Waals surface area contributed by atoms with Crippen LogP contribution in [0, 0.1) is 0 Å². The zero-order valence-electron chi connectivity index (χ0n) is 37.8. The monoisotopic (exact) mass is 879 g/mol. The normalized spacial score (nSPS) is 12.5. The molecular formula is C67H45NO. The van der Waals surface area contributed by atoms with E-state index in [1.165, 1.54) is 55.6 Å². The van der Waals surface area contributed by atoms with Crippen LogP contribution in [0.1, 0.15) is 22.3 Å². The van der Waals surface area contributed by atoms with Crippen LogP contribution in [0.4, 0.5) is 17.1 Å². The Morgan fingerprint density at radius 3 is 1.43 bits per heavy atom. The van der Waals surface area contributed by atoms with Crippen LogP contribution in [0.2, 0.25) is 0 Å². The molecule has 0 radical (unpaired) electrons. The van der Waals surface area contributed by atoms with Crippen molar-refractivity contribution in [2.24, 2.45) is 0 Å². The molecule has 324 valence electrons. The minimum absolute atomic E-state index is 0.411. The lowest BCUT2D eigenvalue weighted by Gasteiger charge is -2.33. The molecule has 13 rings (SSSR count). The van der Waals surface area contributed by atoms with Gasteiger partial charge in [0.15, 0.2) is 0 Å². The molecule has 0 aliphatic heterocycles. The summed E-state index contributed by atoms with van der Waals surface area (Å²) in [6.07, 6.45) is 0.